The van der Waals surface area contributed by atoms with E-state index in [0.717, 1.165) is 6.07 Å². The van der Waals surface area contributed by atoms with Crippen molar-refractivity contribution >= 4 is 44.5 Å². The number of esters is 1. The minimum absolute atomic E-state index is 0.156. The maximum atomic E-state index is 12.4. The SMILES string of the molecule is CCOC(=O)Cc1cc(OC(F)(F)F)c(CBr)c(I)n1. The fourth-order valence-corrected chi connectivity index (χ4v) is 3.19. The van der Waals surface area contributed by atoms with Crippen molar-refractivity contribution in [2.45, 2.75) is 25.0 Å². The molecule has 9 heteroatoms. The number of halogens is 5. The molecule has 0 fully saturated rings. The number of carbonyl (C=O) groups excluding carboxylic acids is 1. The summed E-state index contributed by atoms with van der Waals surface area (Å²) < 4.78 is 46.1. The predicted octanol–water partition coefficient (Wildman–Crippen LogP) is 3.59. The van der Waals surface area contributed by atoms with Gasteiger partial charge in [-0.1, -0.05) is 15.9 Å². The summed E-state index contributed by atoms with van der Waals surface area (Å²) >= 11 is 4.87. The number of hydrogen-bond donors (Lipinski definition) is 0. The van der Waals surface area contributed by atoms with Gasteiger partial charge >= 0.3 is 12.3 Å². The minimum Gasteiger partial charge on any atom is -0.466 e. The van der Waals surface area contributed by atoms with E-state index in [2.05, 4.69) is 25.7 Å². The molecule has 0 atom stereocenters. The van der Waals surface area contributed by atoms with Crippen LogP contribution < -0.4 is 4.74 Å². The largest absolute Gasteiger partial charge is 0.573 e. The number of aromatic nitrogens is 1. The van der Waals surface area contributed by atoms with E-state index in [1.54, 1.807) is 29.5 Å². The van der Waals surface area contributed by atoms with E-state index in [1.165, 1.54) is 0 Å². The molecule has 0 aliphatic rings. The normalized spacial score (nSPS) is 11.3. The van der Waals surface area contributed by atoms with Crippen LogP contribution in [0.5, 0.6) is 5.75 Å². The van der Waals surface area contributed by atoms with E-state index in [-0.39, 0.29) is 35.4 Å². The number of carbonyl (C=O) groups is 1. The van der Waals surface area contributed by atoms with Gasteiger partial charge < -0.3 is 9.47 Å². The second kappa shape index (κ2) is 7.43. The molecule has 20 heavy (non-hydrogen) atoms. The molecule has 0 radical (unpaired) electrons. The van der Waals surface area contributed by atoms with Crippen LogP contribution in [-0.2, 0) is 21.3 Å². The van der Waals surface area contributed by atoms with Crippen LogP contribution in [0.3, 0.4) is 0 Å². The summed E-state index contributed by atoms with van der Waals surface area (Å²) in [5.41, 5.74) is 0.437. The average Bonchev–Trinajstić information content (AvgIpc) is 2.26. The Labute approximate surface area is 135 Å². The van der Waals surface area contributed by atoms with E-state index in [0.29, 0.717) is 3.70 Å². The molecule has 1 rings (SSSR count). The highest BCUT2D eigenvalue weighted by Gasteiger charge is 2.33. The lowest BCUT2D eigenvalue weighted by atomic mass is 10.2. The summed E-state index contributed by atoms with van der Waals surface area (Å²) in [6.07, 6.45) is -5.01. The van der Waals surface area contributed by atoms with Crippen LogP contribution in [0.4, 0.5) is 13.2 Å². The molecule has 112 valence electrons. The monoisotopic (exact) mass is 467 g/mol. The number of ether oxygens (including phenoxy) is 2. The highest BCUT2D eigenvalue weighted by Crippen LogP contribution is 2.31. The van der Waals surface area contributed by atoms with Crippen LogP contribution in [0.15, 0.2) is 6.07 Å². The van der Waals surface area contributed by atoms with Crippen molar-refractivity contribution in [2.75, 3.05) is 6.61 Å². The van der Waals surface area contributed by atoms with Crippen molar-refractivity contribution in [1.82, 2.24) is 4.98 Å². The molecule has 1 aromatic rings. The van der Waals surface area contributed by atoms with Crippen LogP contribution in [0, 0.1) is 3.70 Å². The van der Waals surface area contributed by atoms with Gasteiger partial charge in [-0.15, -0.1) is 13.2 Å². The standard InChI is InChI=1S/C11H10BrF3INO3/c1-2-19-9(18)4-6-3-8(20-11(13,14)15)7(5-12)10(16)17-6/h3H,2,4-5H2,1H3. The lowest BCUT2D eigenvalue weighted by Gasteiger charge is -2.14. The van der Waals surface area contributed by atoms with Crippen molar-refractivity contribution in [3.05, 3.63) is 21.0 Å². The summed E-state index contributed by atoms with van der Waals surface area (Å²) in [7, 11) is 0. The average molecular weight is 468 g/mol. The molecule has 0 bridgehead atoms. The van der Waals surface area contributed by atoms with Gasteiger partial charge in [-0.05, 0) is 29.5 Å². The zero-order valence-electron chi connectivity index (χ0n) is 10.3. The second-order valence-corrected chi connectivity index (χ2v) is 5.13. The molecule has 0 aromatic carbocycles. The Morgan fingerprint density at radius 2 is 2.15 bits per heavy atom. The molecule has 0 spiro atoms. The molecule has 1 aromatic heterocycles. The van der Waals surface area contributed by atoms with Crippen LogP contribution in [0.1, 0.15) is 18.2 Å². The van der Waals surface area contributed by atoms with Crippen molar-refractivity contribution in [3.63, 3.8) is 0 Å². The van der Waals surface area contributed by atoms with Gasteiger partial charge in [0.25, 0.3) is 0 Å². The number of alkyl halides is 4. The highest BCUT2D eigenvalue weighted by molar-refractivity contribution is 14.1. The first-order valence-electron chi connectivity index (χ1n) is 5.42. The van der Waals surface area contributed by atoms with Gasteiger partial charge in [-0.2, -0.15) is 0 Å². The van der Waals surface area contributed by atoms with Gasteiger partial charge in [0.2, 0.25) is 0 Å². The Hall–Kier alpha value is -0.580. The van der Waals surface area contributed by atoms with E-state index in [1.807, 2.05) is 0 Å². The molecule has 0 N–H and O–H groups in total. The molecule has 0 aliphatic heterocycles. The number of pyridine rings is 1. The van der Waals surface area contributed by atoms with E-state index in [4.69, 9.17) is 4.74 Å². The third kappa shape index (κ3) is 5.43. The minimum atomic E-state index is -4.80. The van der Waals surface area contributed by atoms with Crippen LogP contribution in [0.25, 0.3) is 0 Å². The Morgan fingerprint density at radius 1 is 1.50 bits per heavy atom. The number of nitrogens with zero attached hydrogens (tertiary/aromatic N) is 1. The zero-order chi connectivity index (χ0) is 15.3. The lowest BCUT2D eigenvalue weighted by Crippen LogP contribution is -2.19. The summed E-state index contributed by atoms with van der Waals surface area (Å²) in [6, 6.07) is 1.10. The third-order valence-electron chi connectivity index (χ3n) is 2.08. The predicted molar refractivity (Wildman–Crippen MR) is 76.6 cm³/mol. The van der Waals surface area contributed by atoms with E-state index < -0.39 is 12.3 Å². The molecule has 0 saturated carbocycles. The third-order valence-corrected chi connectivity index (χ3v) is 3.53. The molecule has 0 aliphatic carbocycles. The van der Waals surface area contributed by atoms with Crippen LogP contribution >= 0.6 is 38.5 Å². The van der Waals surface area contributed by atoms with Crippen molar-refractivity contribution in [3.8, 4) is 5.75 Å². The van der Waals surface area contributed by atoms with Crippen molar-refractivity contribution in [1.29, 1.82) is 0 Å². The molecule has 0 saturated heterocycles. The van der Waals surface area contributed by atoms with Crippen LogP contribution in [-0.4, -0.2) is 23.9 Å². The molecule has 0 amide bonds. The fourth-order valence-electron chi connectivity index (χ4n) is 1.35. The number of hydrogen-bond acceptors (Lipinski definition) is 4. The quantitative estimate of drug-likeness (QED) is 0.287. The van der Waals surface area contributed by atoms with Crippen molar-refractivity contribution in [2.24, 2.45) is 0 Å². The van der Waals surface area contributed by atoms with Gasteiger partial charge in [-0.3, -0.25) is 4.79 Å². The maximum absolute atomic E-state index is 12.4. The second-order valence-electron chi connectivity index (χ2n) is 3.54. The Bertz CT molecular complexity index is 497. The number of rotatable bonds is 5. The smallest absolute Gasteiger partial charge is 0.466 e. The Balaban J connectivity index is 3.07. The first-order valence-corrected chi connectivity index (χ1v) is 7.62. The summed E-state index contributed by atoms with van der Waals surface area (Å²) in [6.45, 7) is 1.84. The van der Waals surface area contributed by atoms with E-state index in [9.17, 15) is 18.0 Å². The molecule has 1 heterocycles. The zero-order valence-corrected chi connectivity index (χ0v) is 14.0. The molecule has 4 nitrogen and oxygen atoms in total. The van der Waals surface area contributed by atoms with Crippen LogP contribution in [0.2, 0.25) is 0 Å². The molecule has 0 unspecified atom stereocenters. The summed E-state index contributed by atoms with van der Waals surface area (Å²) in [5, 5.41) is 0.156. The maximum Gasteiger partial charge on any atom is 0.573 e. The Kier molecular flexibility index (Phi) is 6.49. The summed E-state index contributed by atoms with van der Waals surface area (Å²) in [5.74, 6) is -0.923. The topological polar surface area (TPSA) is 48.4 Å². The summed E-state index contributed by atoms with van der Waals surface area (Å²) in [4.78, 5) is 15.4. The lowest BCUT2D eigenvalue weighted by molar-refractivity contribution is -0.274. The first-order chi connectivity index (χ1) is 9.26. The van der Waals surface area contributed by atoms with E-state index >= 15 is 0 Å². The molecular formula is C11H10BrF3INO3. The van der Waals surface area contributed by atoms with Crippen molar-refractivity contribution < 1.29 is 27.4 Å². The van der Waals surface area contributed by atoms with Gasteiger partial charge in [-0.25, -0.2) is 4.98 Å². The van der Waals surface area contributed by atoms with Gasteiger partial charge in [0.1, 0.15) is 9.45 Å². The first kappa shape index (κ1) is 17.5. The Morgan fingerprint density at radius 3 is 2.65 bits per heavy atom. The highest BCUT2D eigenvalue weighted by atomic mass is 127. The molecular weight excluding hydrogens is 458 g/mol. The van der Waals surface area contributed by atoms with Gasteiger partial charge in [0.05, 0.1) is 18.7 Å². The van der Waals surface area contributed by atoms with Gasteiger partial charge in [0, 0.05) is 17.0 Å². The van der Waals surface area contributed by atoms with Gasteiger partial charge in [0.15, 0.2) is 0 Å². The fraction of sp³-hybridized carbons (Fsp3) is 0.455.